The lowest BCUT2D eigenvalue weighted by Crippen LogP contribution is -2.37. The number of carbonyl (C=O) groups is 1. The first-order valence-electron chi connectivity index (χ1n) is 10.6. The normalized spacial score (nSPS) is 13.0. The minimum atomic E-state index is -4.09. The largest absolute Gasteiger partial charge is 0.325 e. The molecule has 1 atom stereocenters. The van der Waals surface area contributed by atoms with Crippen molar-refractivity contribution >= 4 is 43.0 Å². The first-order chi connectivity index (χ1) is 16.1. The lowest BCUT2D eigenvalue weighted by atomic mass is 10.3. The highest BCUT2D eigenvalue weighted by Gasteiger charge is 2.28. The highest BCUT2D eigenvalue weighted by atomic mass is 32.2. The standard InChI is InChI=1S/C23H27N3O5S3/c1-3-18(2)25-33(28,29)21-11-13-22(14-12-21)34(30,31)26(16-20-10-7-15-32-20)17-23(27)24-19-8-5-4-6-9-19/h4-15,18,25H,3,16-17H2,1-2H3,(H,24,27)/t18-/m1/s1. The monoisotopic (exact) mass is 521 g/mol. The molecule has 34 heavy (non-hydrogen) atoms. The molecule has 182 valence electrons. The van der Waals surface area contributed by atoms with Crippen molar-refractivity contribution < 1.29 is 21.6 Å². The molecule has 0 fully saturated rings. The molecule has 1 heterocycles. The molecule has 3 aromatic rings. The van der Waals surface area contributed by atoms with Crippen molar-refractivity contribution in [2.45, 2.75) is 42.6 Å². The molecule has 1 aromatic heterocycles. The summed E-state index contributed by atoms with van der Waals surface area (Å²) in [5.74, 6) is -0.483. The Balaban J connectivity index is 1.85. The highest BCUT2D eigenvalue weighted by molar-refractivity contribution is 7.89. The van der Waals surface area contributed by atoms with Crippen LogP contribution in [0.2, 0.25) is 0 Å². The van der Waals surface area contributed by atoms with Crippen LogP contribution in [0.15, 0.2) is 81.9 Å². The van der Waals surface area contributed by atoms with Crippen LogP contribution in [0.25, 0.3) is 0 Å². The van der Waals surface area contributed by atoms with Gasteiger partial charge in [-0.2, -0.15) is 4.31 Å². The van der Waals surface area contributed by atoms with Gasteiger partial charge in [0.2, 0.25) is 26.0 Å². The fourth-order valence-corrected chi connectivity index (χ4v) is 6.54. The molecule has 0 aliphatic carbocycles. The van der Waals surface area contributed by atoms with E-state index in [1.807, 2.05) is 18.4 Å². The van der Waals surface area contributed by atoms with E-state index in [0.717, 1.165) is 9.18 Å². The Morgan fingerprint density at radius 2 is 1.59 bits per heavy atom. The zero-order valence-electron chi connectivity index (χ0n) is 18.8. The van der Waals surface area contributed by atoms with Gasteiger partial charge in [-0.25, -0.2) is 21.6 Å². The number of nitrogens with one attached hydrogen (secondary N) is 2. The smallest absolute Gasteiger partial charge is 0.243 e. The Morgan fingerprint density at radius 1 is 0.941 bits per heavy atom. The van der Waals surface area contributed by atoms with Gasteiger partial charge in [0.1, 0.15) is 0 Å². The molecule has 1 amide bonds. The molecule has 0 aliphatic rings. The van der Waals surface area contributed by atoms with Crippen LogP contribution in [0.5, 0.6) is 0 Å². The quantitative estimate of drug-likeness (QED) is 0.400. The van der Waals surface area contributed by atoms with Gasteiger partial charge in [-0.3, -0.25) is 4.79 Å². The van der Waals surface area contributed by atoms with E-state index in [4.69, 9.17) is 0 Å². The van der Waals surface area contributed by atoms with Crippen LogP contribution in [0.3, 0.4) is 0 Å². The van der Waals surface area contributed by atoms with Gasteiger partial charge in [0, 0.05) is 23.2 Å². The molecule has 11 heteroatoms. The molecule has 0 aliphatic heterocycles. The molecular weight excluding hydrogens is 494 g/mol. The predicted molar refractivity (Wildman–Crippen MR) is 134 cm³/mol. The van der Waals surface area contributed by atoms with Crippen molar-refractivity contribution in [1.29, 1.82) is 0 Å². The third kappa shape index (κ3) is 6.73. The molecular formula is C23H27N3O5S3. The number of sulfonamides is 2. The summed E-state index contributed by atoms with van der Waals surface area (Å²) in [7, 11) is -7.86. The van der Waals surface area contributed by atoms with Crippen LogP contribution >= 0.6 is 11.3 Å². The Bertz CT molecular complexity index is 1290. The van der Waals surface area contributed by atoms with Gasteiger partial charge in [-0.15, -0.1) is 11.3 Å². The number of benzene rings is 2. The number of anilines is 1. The maximum atomic E-state index is 13.4. The summed E-state index contributed by atoms with van der Waals surface area (Å²) < 4.78 is 55.5. The Labute approximate surface area is 204 Å². The van der Waals surface area contributed by atoms with Crippen LogP contribution in [0.4, 0.5) is 5.69 Å². The summed E-state index contributed by atoms with van der Waals surface area (Å²) in [4.78, 5) is 13.3. The summed E-state index contributed by atoms with van der Waals surface area (Å²) in [6.45, 7) is 3.22. The minimum absolute atomic E-state index is 0.0117. The van der Waals surface area contributed by atoms with Crippen molar-refractivity contribution in [2.24, 2.45) is 0 Å². The third-order valence-corrected chi connectivity index (χ3v) is 9.30. The van der Waals surface area contributed by atoms with Gasteiger partial charge in [0.05, 0.1) is 16.3 Å². The van der Waals surface area contributed by atoms with Gasteiger partial charge in [0.25, 0.3) is 0 Å². The average molecular weight is 522 g/mol. The number of amides is 1. The topological polar surface area (TPSA) is 113 Å². The molecule has 0 radical (unpaired) electrons. The average Bonchev–Trinajstić information content (AvgIpc) is 3.32. The predicted octanol–water partition coefficient (Wildman–Crippen LogP) is 3.65. The highest BCUT2D eigenvalue weighted by Crippen LogP contribution is 2.22. The summed E-state index contributed by atoms with van der Waals surface area (Å²) in [5.41, 5.74) is 0.560. The molecule has 2 aromatic carbocycles. The fraction of sp³-hybridized carbons (Fsp3) is 0.261. The van der Waals surface area contributed by atoms with Crippen LogP contribution in [0, 0.1) is 0 Å². The molecule has 2 N–H and O–H groups in total. The number of para-hydroxylation sites is 1. The zero-order valence-corrected chi connectivity index (χ0v) is 21.3. The van der Waals surface area contributed by atoms with Crippen LogP contribution in [-0.2, 0) is 31.4 Å². The summed E-state index contributed by atoms with van der Waals surface area (Å²) in [6.07, 6.45) is 0.619. The number of nitrogens with zero attached hydrogens (tertiary/aromatic N) is 1. The number of hydrogen-bond donors (Lipinski definition) is 2. The second-order valence-electron chi connectivity index (χ2n) is 7.67. The van der Waals surface area contributed by atoms with Crippen LogP contribution < -0.4 is 10.0 Å². The Hall–Kier alpha value is -2.57. The Morgan fingerprint density at radius 3 is 2.18 bits per heavy atom. The zero-order chi connectivity index (χ0) is 24.8. The van der Waals surface area contributed by atoms with E-state index >= 15 is 0 Å². The van der Waals surface area contributed by atoms with Crippen molar-refractivity contribution in [3.05, 3.63) is 77.0 Å². The van der Waals surface area contributed by atoms with Crippen molar-refractivity contribution in [2.75, 3.05) is 11.9 Å². The van der Waals surface area contributed by atoms with Crippen LogP contribution in [0.1, 0.15) is 25.1 Å². The second kappa shape index (κ2) is 11.2. The molecule has 8 nitrogen and oxygen atoms in total. The molecule has 0 saturated carbocycles. The number of hydrogen-bond acceptors (Lipinski definition) is 6. The summed E-state index contributed by atoms with van der Waals surface area (Å²) in [5, 5.41) is 4.53. The number of rotatable bonds is 11. The Kier molecular flexibility index (Phi) is 8.61. The van der Waals surface area contributed by atoms with Crippen molar-refractivity contribution in [3.63, 3.8) is 0 Å². The van der Waals surface area contributed by atoms with Gasteiger partial charge < -0.3 is 5.32 Å². The van der Waals surface area contributed by atoms with Crippen molar-refractivity contribution in [1.82, 2.24) is 9.03 Å². The summed E-state index contributed by atoms with van der Waals surface area (Å²) >= 11 is 1.38. The molecule has 3 rings (SSSR count). The van der Waals surface area contributed by atoms with E-state index in [1.54, 1.807) is 43.3 Å². The molecule has 0 spiro atoms. The van der Waals surface area contributed by atoms with E-state index in [1.165, 1.54) is 35.6 Å². The minimum Gasteiger partial charge on any atom is -0.325 e. The molecule has 0 unspecified atom stereocenters. The van der Waals surface area contributed by atoms with Gasteiger partial charge in [-0.1, -0.05) is 31.2 Å². The van der Waals surface area contributed by atoms with E-state index in [2.05, 4.69) is 10.0 Å². The van der Waals surface area contributed by atoms with Gasteiger partial charge in [0.15, 0.2) is 0 Å². The first kappa shape index (κ1) is 26.0. The SMILES string of the molecule is CC[C@@H](C)NS(=O)(=O)c1ccc(S(=O)(=O)N(CC(=O)Nc2ccccc2)Cc2cccs2)cc1. The van der Waals surface area contributed by atoms with E-state index in [9.17, 15) is 21.6 Å². The maximum Gasteiger partial charge on any atom is 0.243 e. The van der Waals surface area contributed by atoms with E-state index < -0.39 is 32.5 Å². The number of carbonyl (C=O) groups excluding carboxylic acids is 1. The van der Waals surface area contributed by atoms with Gasteiger partial charge >= 0.3 is 0 Å². The van der Waals surface area contributed by atoms with Crippen molar-refractivity contribution in [3.8, 4) is 0 Å². The molecule has 0 bridgehead atoms. The first-order valence-corrected chi connectivity index (χ1v) is 14.4. The summed E-state index contributed by atoms with van der Waals surface area (Å²) in [6, 6.07) is 17.1. The maximum absolute atomic E-state index is 13.4. The fourth-order valence-electron chi connectivity index (χ4n) is 3.04. The van der Waals surface area contributed by atoms with Gasteiger partial charge in [-0.05, 0) is 61.2 Å². The second-order valence-corrected chi connectivity index (χ2v) is 12.4. The van der Waals surface area contributed by atoms with E-state index in [0.29, 0.717) is 12.1 Å². The lowest BCUT2D eigenvalue weighted by Gasteiger charge is -2.21. The molecule has 0 saturated heterocycles. The van der Waals surface area contributed by atoms with Crippen LogP contribution in [-0.4, -0.2) is 39.6 Å². The third-order valence-electron chi connectivity index (χ3n) is 5.03. The van der Waals surface area contributed by atoms with E-state index in [-0.39, 0.29) is 22.4 Å². The number of thiophene rings is 1. The lowest BCUT2D eigenvalue weighted by molar-refractivity contribution is -0.116.